The molecule has 0 saturated heterocycles. The Kier molecular flexibility index (Phi) is 2.86. The quantitative estimate of drug-likeness (QED) is 0.569. The molecule has 0 atom stereocenters. The molecule has 0 fully saturated rings. The molecule has 0 aliphatic carbocycles. The van der Waals surface area contributed by atoms with Crippen molar-refractivity contribution in [2.24, 2.45) is 0 Å². The molecule has 0 bridgehead atoms. The summed E-state index contributed by atoms with van der Waals surface area (Å²) in [6.07, 6.45) is 4.94. The zero-order valence-corrected chi connectivity index (χ0v) is 11.4. The molecular weight excluding hydrogens is 281 g/mol. The normalized spacial score (nSPS) is 11.0. The van der Waals surface area contributed by atoms with E-state index in [9.17, 15) is 4.39 Å². The second kappa shape index (κ2) is 5.00. The first-order chi connectivity index (χ1) is 10.8. The van der Waals surface area contributed by atoms with Crippen LogP contribution in [0.3, 0.4) is 0 Å². The van der Waals surface area contributed by atoms with E-state index in [2.05, 4.69) is 20.1 Å². The van der Waals surface area contributed by atoms with Crippen LogP contribution in [0, 0.1) is 5.82 Å². The lowest BCUT2D eigenvalue weighted by molar-refractivity contribution is 0.625. The summed E-state index contributed by atoms with van der Waals surface area (Å²) in [6.45, 7) is 0. The molecular formula is C16H10FN5. The second-order valence-corrected chi connectivity index (χ2v) is 4.72. The van der Waals surface area contributed by atoms with Crippen molar-refractivity contribution in [1.29, 1.82) is 0 Å². The molecule has 0 radical (unpaired) electrons. The lowest BCUT2D eigenvalue weighted by atomic mass is 10.2. The SMILES string of the molecule is Fc1ccn2nc(-c3ccnc(-c4ccccn4)n3)cc2c1. The van der Waals surface area contributed by atoms with Gasteiger partial charge in [-0.1, -0.05) is 6.07 Å². The minimum absolute atomic E-state index is 0.296. The maximum atomic E-state index is 13.3. The molecule has 6 heteroatoms. The molecule has 22 heavy (non-hydrogen) atoms. The molecule has 0 saturated carbocycles. The third kappa shape index (κ3) is 2.20. The molecule has 0 aliphatic heterocycles. The first-order valence-electron chi connectivity index (χ1n) is 6.69. The highest BCUT2D eigenvalue weighted by Gasteiger charge is 2.09. The number of rotatable bonds is 2. The van der Waals surface area contributed by atoms with Crippen LogP contribution in [0.25, 0.3) is 28.4 Å². The topological polar surface area (TPSA) is 56.0 Å². The lowest BCUT2D eigenvalue weighted by Crippen LogP contribution is -1.94. The number of fused-ring (bicyclic) bond motifs is 1. The van der Waals surface area contributed by atoms with Crippen LogP contribution in [0.4, 0.5) is 4.39 Å². The van der Waals surface area contributed by atoms with Gasteiger partial charge in [-0.15, -0.1) is 0 Å². The van der Waals surface area contributed by atoms with E-state index >= 15 is 0 Å². The van der Waals surface area contributed by atoms with Crippen molar-refractivity contribution in [3.05, 3.63) is 66.9 Å². The van der Waals surface area contributed by atoms with Crippen molar-refractivity contribution < 1.29 is 4.39 Å². The van der Waals surface area contributed by atoms with Crippen LogP contribution in [0.1, 0.15) is 0 Å². The molecule has 0 spiro atoms. The van der Waals surface area contributed by atoms with Gasteiger partial charge in [-0.3, -0.25) is 4.98 Å². The van der Waals surface area contributed by atoms with Gasteiger partial charge >= 0.3 is 0 Å². The minimum Gasteiger partial charge on any atom is -0.253 e. The van der Waals surface area contributed by atoms with E-state index < -0.39 is 0 Å². The second-order valence-electron chi connectivity index (χ2n) is 4.72. The summed E-state index contributed by atoms with van der Waals surface area (Å²) in [5, 5.41) is 4.40. The highest BCUT2D eigenvalue weighted by molar-refractivity contribution is 5.64. The molecule has 0 N–H and O–H groups in total. The van der Waals surface area contributed by atoms with E-state index in [0.717, 1.165) is 0 Å². The van der Waals surface area contributed by atoms with Crippen LogP contribution < -0.4 is 0 Å². The molecule has 4 aromatic heterocycles. The van der Waals surface area contributed by atoms with Crippen LogP contribution >= 0.6 is 0 Å². The minimum atomic E-state index is -0.296. The maximum Gasteiger partial charge on any atom is 0.178 e. The molecule has 5 nitrogen and oxygen atoms in total. The summed E-state index contributed by atoms with van der Waals surface area (Å²) in [5.41, 5.74) is 2.69. The van der Waals surface area contributed by atoms with Crippen molar-refractivity contribution in [2.75, 3.05) is 0 Å². The Balaban J connectivity index is 1.81. The number of hydrogen-bond acceptors (Lipinski definition) is 4. The van der Waals surface area contributed by atoms with E-state index in [1.54, 1.807) is 35.2 Å². The Morgan fingerprint density at radius 1 is 0.864 bits per heavy atom. The summed E-state index contributed by atoms with van der Waals surface area (Å²) in [6, 6.07) is 11.9. The van der Waals surface area contributed by atoms with Gasteiger partial charge in [0.2, 0.25) is 0 Å². The Bertz CT molecular complexity index is 949. The van der Waals surface area contributed by atoms with Crippen molar-refractivity contribution >= 4 is 5.52 Å². The van der Waals surface area contributed by atoms with Crippen molar-refractivity contribution in [1.82, 2.24) is 24.6 Å². The zero-order valence-electron chi connectivity index (χ0n) is 11.4. The van der Waals surface area contributed by atoms with Gasteiger partial charge in [0.15, 0.2) is 5.82 Å². The van der Waals surface area contributed by atoms with Crippen LogP contribution in [-0.4, -0.2) is 24.6 Å². The largest absolute Gasteiger partial charge is 0.253 e. The Hall–Kier alpha value is -3.15. The maximum absolute atomic E-state index is 13.3. The van der Waals surface area contributed by atoms with Gasteiger partial charge in [-0.2, -0.15) is 5.10 Å². The molecule has 0 aliphatic rings. The van der Waals surface area contributed by atoms with Crippen molar-refractivity contribution in [2.45, 2.75) is 0 Å². The molecule has 0 unspecified atom stereocenters. The van der Waals surface area contributed by atoms with Crippen LogP contribution in [-0.2, 0) is 0 Å². The summed E-state index contributed by atoms with van der Waals surface area (Å²) in [4.78, 5) is 13.0. The molecule has 0 aromatic carbocycles. The van der Waals surface area contributed by atoms with Gasteiger partial charge in [0.1, 0.15) is 17.2 Å². The zero-order chi connectivity index (χ0) is 14.9. The van der Waals surface area contributed by atoms with E-state index in [0.29, 0.717) is 28.4 Å². The van der Waals surface area contributed by atoms with Gasteiger partial charge in [0.25, 0.3) is 0 Å². The smallest absolute Gasteiger partial charge is 0.178 e. The Morgan fingerprint density at radius 3 is 2.68 bits per heavy atom. The van der Waals surface area contributed by atoms with Crippen LogP contribution in [0.2, 0.25) is 0 Å². The molecule has 4 heterocycles. The van der Waals surface area contributed by atoms with E-state index in [-0.39, 0.29) is 5.82 Å². The fourth-order valence-corrected chi connectivity index (χ4v) is 2.21. The highest BCUT2D eigenvalue weighted by Crippen LogP contribution is 2.20. The van der Waals surface area contributed by atoms with E-state index in [1.165, 1.54) is 12.1 Å². The Morgan fingerprint density at radius 2 is 1.82 bits per heavy atom. The predicted octanol–water partition coefficient (Wildman–Crippen LogP) is 2.99. The van der Waals surface area contributed by atoms with Crippen molar-refractivity contribution in [3.8, 4) is 22.9 Å². The van der Waals surface area contributed by atoms with Crippen LogP contribution in [0.15, 0.2) is 61.1 Å². The first kappa shape index (κ1) is 12.6. The predicted molar refractivity (Wildman–Crippen MR) is 79.4 cm³/mol. The Labute approximate surface area is 125 Å². The monoisotopic (exact) mass is 291 g/mol. The standard InChI is InChI=1S/C16H10FN5/c17-11-5-8-22-12(9-11)10-15(21-22)13-4-7-19-16(20-13)14-3-1-2-6-18-14/h1-10H. The number of hydrogen-bond donors (Lipinski definition) is 0. The van der Waals surface area contributed by atoms with Crippen LogP contribution in [0.5, 0.6) is 0 Å². The molecule has 4 rings (SSSR count). The highest BCUT2D eigenvalue weighted by atomic mass is 19.1. The van der Waals surface area contributed by atoms with Gasteiger partial charge in [0.05, 0.1) is 11.2 Å². The summed E-state index contributed by atoms with van der Waals surface area (Å²) in [5.74, 6) is 0.233. The van der Waals surface area contributed by atoms with E-state index in [1.807, 2.05) is 18.2 Å². The van der Waals surface area contributed by atoms with Gasteiger partial charge < -0.3 is 0 Å². The fourth-order valence-electron chi connectivity index (χ4n) is 2.21. The number of halogens is 1. The average molecular weight is 291 g/mol. The molecule has 106 valence electrons. The number of aromatic nitrogens is 5. The molecule has 4 aromatic rings. The van der Waals surface area contributed by atoms with Gasteiger partial charge in [0, 0.05) is 18.6 Å². The van der Waals surface area contributed by atoms with Gasteiger partial charge in [-0.25, -0.2) is 18.9 Å². The fraction of sp³-hybridized carbons (Fsp3) is 0. The van der Waals surface area contributed by atoms with E-state index in [4.69, 9.17) is 0 Å². The number of nitrogens with zero attached hydrogens (tertiary/aromatic N) is 5. The third-order valence-electron chi connectivity index (χ3n) is 3.24. The van der Waals surface area contributed by atoms with Gasteiger partial charge in [-0.05, 0) is 36.4 Å². The third-order valence-corrected chi connectivity index (χ3v) is 3.24. The summed E-state index contributed by atoms with van der Waals surface area (Å²) < 4.78 is 14.9. The summed E-state index contributed by atoms with van der Waals surface area (Å²) >= 11 is 0. The lowest BCUT2D eigenvalue weighted by Gasteiger charge is -2.00. The molecule has 0 amide bonds. The van der Waals surface area contributed by atoms with Crippen molar-refractivity contribution in [3.63, 3.8) is 0 Å². The first-order valence-corrected chi connectivity index (χ1v) is 6.69. The average Bonchev–Trinajstić information content (AvgIpc) is 2.99. The number of pyridine rings is 2. The summed E-state index contributed by atoms with van der Waals surface area (Å²) in [7, 11) is 0.